The average Bonchev–Trinajstić information content (AvgIpc) is 3.20. The standard InChI is InChI=1S/C19H18FN3O2/c20-15-5-7-16(8-6-15)22-12-11-21(19(22)25)13-18(24)23-10-9-14-3-1-2-4-17(14)23/h1-8H,9-13H2. The van der Waals surface area contributed by atoms with Crippen molar-refractivity contribution in [2.75, 3.05) is 36.0 Å². The smallest absolute Gasteiger partial charge is 0.313 e. The Balaban J connectivity index is 1.44. The lowest BCUT2D eigenvalue weighted by Crippen LogP contribution is -2.41. The van der Waals surface area contributed by atoms with Gasteiger partial charge < -0.3 is 9.80 Å². The Bertz CT molecular complexity index is 822. The molecule has 4 rings (SSSR count). The van der Waals surface area contributed by atoms with Crippen LogP contribution < -0.4 is 9.80 Å². The summed E-state index contributed by atoms with van der Waals surface area (Å²) in [6, 6.07) is 13.5. The average molecular weight is 339 g/mol. The second kappa shape index (κ2) is 6.20. The number of benzene rings is 2. The van der Waals surface area contributed by atoms with Crippen LogP contribution in [-0.2, 0) is 11.2 Å². The molecule has 1 saturated heterocycles. The van der Waals surface area contributed by atoms with Crippen LogP contribution in [0.3, 0.4) is 0 Å². The second-order valence-electron chi connectivity index (χ2n) is 6.26. The molecule has 0 aliphatic carbocycles. The minimum Gasteiger partial charge on any atom is -0.313 e. The Morgan fingerprint density at radius 1 is 1.00 bits per heavy atom. The fraction of sp³-hybridized carbons (Fsp3) is 0.263. The van der Waals surface area contributed by atoms with Crippen LogP contribution in [0.1, 0.15) is 5.56 Å². The molecule has 0 spiro atoms. The fourth-order valence-corrected chi connectivity index (χ4v) is 3.44. The van der Waals surface area contributed by atoms with Gasteiger partial charge in [-0.2, -0.15) is 0 Å². The zero-order valence-corrected chi connectivity index (χ0v) is 13.7. The summed E-state index contributed by atoms with van der Waals surface area (Å²) in [5.41, 5.74) is 2.75. The van der Waals surface area contributed by atoms with Crippen molar-refractivity contribution in [2.24, 2.45) is 0 Å². The summed E-state index contributed by atoms with van der Waals surface area (Å²) in [5, 5.41) is 0. The monoisotopic (exact) mass is 339 g/mol. The third-order valence-corrected chi connectivity index (χ3v) is 4.75. The largest absolute Gasteiger partial charge is 0.325 e. The topological polar surface area (TPSA) is 43.9 Å². The van der Waals surface area contributed by atoms with Crippen molar-refractivity contribution in [1.29, 1.82) is 0 Å². The number of carbonyl (C=O) groups excluding carboxylic acids is 2. The van der Waals surface area contributed by atoms with Crippen LogP contribution in [0.5, 0.6) is 0 Å². The Morgan fingerprint density at radius 3 is 2.56 bits per heavy atom. The quantitative estimate of drug-likeness (QED) is 0.863. The van der Waals surface area contributed by atoms with Gasteiger partial charge in [-0.25, -0.2) is 9.18 Å². The van der Waals surface area contributed by atoms with Gasteiger partial charge in [-0.05, 0) is 42.3 Å². The van der Waals surface area contributed by atoms with Crippen molar-refractivity contribution in [1.82, 2.24) is 4.90 Å². The molecule has 2 aliphatic heterocycles. The van der Waals surface area contributed by atoms with Crippen LogP contribution in [0.2, 0.25) is 0 Å². The Morgan fingerprint density at radius 2 is 1.76 bits per heavy atom. The van der Waals surface area contributed by atoms with E-state index < -0.39 is 0 Å². The van der Waals surface area contributed by atoms with Crippen LogP contribution in [0.15, 0.2) is 48.5 Å². The highest BCUT2D eigenvalue weighted by atomic mass is 19.1. The summed E-state index contributed by atoms with van der Waals surface area (Å²) in [6.07, 6.45) is 0.845. The molecule has 0 radical (unpaired) electrons. The molecule has 2 aromatic carbocycles. The molecule has 0 N–H and O–H groups in total. The molecule has 2 aromatic rings. The van der Waals surface area contributed by atoms with Gasteiger partial charge in [0.1, 0.15) is 12.4 Å². The van der Waals surface area contributed by atoms with Gasteiger partial charge in [0.15, 0.2) is 0 Å². The summed E-state index contributed by atoms with van der Waals surface area (Å²) >= 11 is 0. The molecular weight excluding hydrogens is 321 g/mol. The van der Waals surface area contributed by atoms with Crippen molar-refractivity contribution in [2.45, 2.75) is 6.42 Å². The van der Waals surface area contributed by atoms with Crippen LogP contribution in [-0.4, -0.2) is 43.0 Å². The summed E-state index contributed by atoms with van der Waals surface area (Å²) in [4.78, 5) is 30.1. The molecule has 0 bridgehead atoms. The van der Waals surface area contributed by atoms with E-state index in [9.17, 15) is 14.0 Å². The highest BCUT2D eigenvalue weighted by Gasteiger charge is 2.33. The summed E-state index contributed by atoms with van der Waals surface area (Å²) in [6.45, 7) is 1.69. The highest BCUT2D eigenvalue weighted by molar-refractivity contribution is 6.01. The molecule has 0 unspecified atom stereocenters. The molecule has 0 atom stereocenters. The third kappa shape index (κ3) is 2.84. The summed E-state index contributed by atoms with van der Waals surface area (Å²) in [7, 11) is 0. The van der Waals surface area contributed by atoms with Crippen LogP contribution >= 0.6 is 0 Å². The maximum Gasteiger partial charge on any atom is 0.325 e. The first-order chi connectivity index (χ1) is 12.1. The molecule has 6 heteroatoms. The van der Waals surface area contributed by atoms with Gasteiger partial charge >= 0.3 is 6.03 Å². The Hall–Kier alpha value is -2.89. The summed E-state index contributed by atoms with van der Waals surface area (Å²) in [5.74, 6) is -0.408. The highest BCUT2D eigenvalue weighted by Crippen LogP contribution is 2.28. The molecule has 5 nitrogen and oxygen atoms in total. The Kier molecular flexibility index (Phi) is 3.87. The van der Waals surface area contributed by atoms with Crippen LogP contribution in [0, 0.1) is 5.82 Å². The number of hydrogen-bond acceptors (Lipinski definition) is 2. The molecule has 3 amide bonds. The van der Waals surface area contributed by atoms with Gasteiger partial charge in [-0.1, -0.05) is 18.2 Å². The molecule has 1 fully saturated rings. The van der Waals surface area contributed by atoms with E-state index in [2.05, 4.69) is 0 Å². The molecule has 25 heavy (non-hydrogen) atoms. The lowest BCUT2D eigenvalue weighted by molar-refractivity contribution is -0.118. The van der Waals surface area contributed by atoms with Crippen molar-refractivity contribution in [3.8, 4) is 0 Å². The second-order valence-corrected chi connectivity index (χ2v) is 6.26. The molecular formula is C19H18FN3O2. The number of nitrogens with zero attached hydrogens (tertiary/aromatic N) is 3. The van der Waals surface area contributed by atoms with Gasteiger partial charge in [0.05, 0.1) is 0 Å². The maximum atomic E-state index is 13.0. The van der Waals surface area contributed by atoms with Gasteiger partial charge in [-0.15, -0.1) is 0 Å². The van der Waals surface area contributed by atoms with E-state index in [4.69, 9.17) is 0 Å². The van der Waals surface area contributed by atoms with Crippen molar-refractivity contribution in [3.05, 3.63) is 59.9 Å². The Labute approximate surface area is 145 Å². The van der Waals surface area contributed by atoms with Crippen LogP contribution in [0.25, 0.3) is 0 Å². The van der Waals surface area contributed by atoms with E-state index in [0.717, 1.165) is 17.7 Å². The molecule has 2 heterocycles. The molecule has 2 aliphatic rings. The van der Waals surface area contributed by atoms with E-state index in [1.807, 2.05) is 24.3 Å². The van der Waals surface area contributed by atoms with Crippen LogP contribution in [0.4, 0.5) is 20.6 Å². The van der Waals surface area contributed by atoms with Gasteiger partial charge in [0, 0.05) is 31.0 Å². The normalized spacial score (nSPS) is 16.5. The third-order valence-electron chi connectivity index (χ3n) is 4.75. The zero-order valence-electron chi connectivity index (χ0n) is 13.7. The number of hydrogen-bond donors (Lipinski definition) is 0. The van der Waals surface area contributed by atoms with E-state index in [1.165, 1.54) is 12.1 Å². The number of carbonyl (C=O) groups is 2. The number of amides is 3. The van der Waals surface area contributed by atoms with E-state index in [0.29, 0.717) is 25.3 Å². The SMILES string of the molecule is O=C1N(CC(=O)N2CCc3ccccc32)CCN1c1ccc(F)cc1. The first kappa shape index (κ1) is 15.6. The first-order valence-corrected chi connectivity index (χ1v) is 8.34. The van der Waals surface area contributed by atoms with Crippen molar-refractivity contribution in [3.63, 3.8) is 0 Å². The molecule has 0 saturated carbocycles. The van der Waals surface area contributed by atoms with Gasteiger partial charge in [-0.3, -0.25) is 9.69 Å². The van der Waals surface area contributed by atoms with Gasteiger partial charge in [0.25, 0.3) is 0 Å². The predicted molar refractivity (Wildman–Crippen MR) is 93.2 cm³/mol. The number of fused-ring (bicyclic) bond motifs is 1. The first-order valence-electron chi connectivity index (χ1n) is 8.34. The summed E-state index contributed by atoms with van der Waals surface area (Å²) < 4.78 is 13.0. The fourth-order valence-electron chi connectivity index (χ4n) is 3.44. The van der Waals surface area contributed by atoms with E-state index in [1.54, 1.807) is 26.8 Å². The lowest BCUT2D eigenvalue weighted by Gasteiger charge is -2.22. The predicted octanol–water partition coefficient (Wildman–Crippen LogP) is 2.66. The lowest BCUT2D eigenvalue weighted by atomic mass is 10.2. The molecule has 0 aromatic heterocycles. The minimum absolute atomic E-state index is 0.0604. The van der Waals surface area contributed by atoms with E-state index in [-0.39, 0.29) is 24.3 Å². The van der Waals surface area contributed by atoms with Gasteiger partial charge in [0.2, 0.25) is 5.91 Å². The number of halogens is 1. The minimum atomic E-state index is -0.338. The number of anilines is 2. The van der Waals surface area contributed by atoms with Crippen molar-refractivity contribution >= 4 is 23.3 Å². The van der Waals surface area contributed by atoms with E-state index >= 15 is 0 Å². The number of rotatable bonds is 3. The number of para-hydroxylation sites is 1. The van der Waals surface area contributed by atoms with Crippen molar-refractivity contribution < 1.29 is 14.0 Å². The number of urea groups is 1. The zero-order chi connectivity index (χ0) is 17.4. The maximum absolute atomic E-state index is 13.0. The molecule has 128 valence electrons.